The van der Waals surface area contributed by atoms with Crippen molar-refractivity contribution in [3.8, 4) is 11.5 Å². The van der Waals surface area contributed by atoms with Crippen molar-refractivity contribution in [3.05, 3.63) is 59.1 Å². The van der Waals surface area contributed by atoms with Gasteiger partial charge in [0.05, 0.1) is 0 Å². The van der Waals surface area contributed by atoms with Crippen molar-refractivity contribution in [1.82, 2.24) is 0 Å². The predicted molar refractivity (Wildman–Crippen MR) is 80.6 cm³/mol. The third kappa shape index (κ3) is 3.99. The molecule has 0 aliphatic rings. The summed E-state index contributed by atoms with van der Waals surface area (Å²) < 4.78 is 10.5. The molecule has 1 atom stereocenters. The quantitative estimate of drug-likeness (QED) is 0.675. The van der Waals surface area contributed by atoms with E-state index < -0.39 is 18.0 Å². The first kappa shape index (κ1) is 15.9. The molecule has 2 aromatic rings. The van der Waals surface area contributed by atoms with Crippen LogP contribution in [0.15, 0.2) is 48.5 Å². The molecule has 0 fully saturated rings. The Balaban J connectivity index is 2.10. The van der Waals surface area contributed by atoms with E-state index in [1.54, 1.807) is 24.3 Å². The zero-order valence-electron chi connectivity index (χ0n) is 11.7. The smallest absolute Gasteiger partial charge is 0.352 e. The van der Waals surface area contributed by atoms with Crippen LogP contribution in [-0.4, -0.2) is 23.1 Å². The molecule has 2 rings (SSSR count). The molecule has 0 bridgehead atoms. The van der Waals surface area contributed by atoms with Gasteiger partial charge in [-0.25, -0.2) is 9.59 Å². The lowest BCUT2D eigenvalue weighted by Gasteiger charge is -2.14. The second-order valence-electron chi connectivity index (χ2n) is 4.44. The molecule has 6 heteroatoms. The number of carboxylic acid groups (broad SMARTS) is 1. The highest BCUT2D eigenvalue weighted by Gasteiger charge is 2.21. The van der Waals surface area contributed by atoms with Gasteiger partial charge in [0.25, 0.3) is 0 Å². The van der Waals surface area contributed by atoms with E-state index in [1.165, 1.54) is 25.1 Å². The zero-order chi connectivity index (χ0) is 16.1. The summed E-state index contributed by atoms with van der Waals surface area (Å²) in [5.74, 6) is -1.50. The molecule has 0 radical (unpaired) electrons. The summed E-state index contributed by atoms with van der Waals surface area (Å²) in [6.45, 7) is 1.52. The third-order valence-electron chi connectivity index (χ3n) is 2.77. The van der Waals surface area contributed by atoms with E-state index in [2.05, 4.69) is 0 Å². The standard InChI is InChI=1S/C16H13ClO5/c1-10(21-12-5-3-2-4-6-12)16(20)22-14-8-7-11(17)9-13(14)15(18)19/h2-10H,1H3,(H,18,19). The van der Waals surface area contributed by atoms with Gasteiger partial charge in [-0.05, 0) is 37.3 Å². The lowest BCUT2D eigenvalue weighted by Crippen LogP contribution is -2.28. The first-order chi connectivity index (χ1) is 10.5. The molecule has 0 heterocycles. The van der Waals surface area contributed by atoms with Crippen LogP contribution in [0, 0.1) is 0 Å². The van der Waals surface area contributed by atoms with Gasteiger partial charge in [-0.15, -0.1) is 0 Å². The van der Waals surface area contributed by atoms with Crippen molar-refractivity contribution in [2.75, 3.05) is 0 Å². The van der Waals surface area contributed by atoms with Crippen LogP contribution >= 0.6 is 11.6 Å². The number of carboxylic acids is 1. The lowest BCUT2D eigenvalue weighted by atomic mass is 10.2. The monoisotopic (exact) mass is 320 g/mol. The van der Waals surface area contributed by atoms with Crippen molar-refractivity contribution in [3.63, 3.8) is 0 Å². The Kier molecular flexibility index (Phi) is 5.01. The van der Waals surface area contributed by atoms with Gasteiger partial charge in [0, 0.05) is 5.02 Å². The first-order valence-electron chi connectivity index (χ1n) is 6.43. The van der Waals surface area contributed by atoms with Crippen molar-refractivity contribution in [2.45, 2.75) is 13.0 Å². The maximum Gasteiger partial charge on any atom is 0.352 e. The largest absolute Gasteiger partial charge is 0.479 e. The van der Waals surface area contributed by atoms with E-state index in [0.717, 1.165) is 0 Å². The average molecular weight is 321 g/mol. The Morgan fingerprint density at radius 2 is 1.82 bits per heavy atom. The molecule has 0 amide bonds. The van der Waals surface area contributed by atoms with Crippen LogP contribution in [0.5, 0.6) is 11.5 Å². The summed E-state index contributed by atoms with van der Waals surface area (Å²) in [5.41, 5.74) is -0.187. The Morgan fingerprint density at radius 1 is 1.14 bits per heavy atom. The number of benzene rings is 2. The van der Waals surface area contributed by atoms with Gasteiger partial charge in [-0.3, -0.25) is 0 Å². The Bertz CT molecular complexity index is 684. The molecule has 114 valence electrons. The molecular weight excluding hydrogens is 308 g/mol. The molecule has 22 heavy (non-hydrogen) atoms. The van der Waals surface area contributed by atoms with Gasteiger partial charge in [0.2, 0.25) is 0 Å². The van der Waals surface area contributed by atoms with E-state index in [4.69, 9.17) is 26.2 Å². The number of esters is 1. The summed E-state index contributed by atoms with van der Waals surface area (Å²) in [7, 11) is 0. The summed E-state index contributed by atoms with van der Waals surface area (Å²) in [4.78, 5) is 23.1. The van der Waals surface area contributed by atoms with Gasteiger partial charge in [0.15, 0.2) is 6.10 Å². The fourth-order valence-electron chi connectivity index (χ4n) is 1.70. The number of hydrogen-bond donors (Lipinski definition) is 1. The van der Waals surface area contributed by atoms with Crippen molar-refractivity contribution < 1.29 is 24.2 Å². The van der Waals surface area contributed by atoms with Crippen LogP contribution in [-0.2, 0) is 4.79 Å². The number of hydrogen-bond acceptors (Lipinski definition) is 4. The van der Waals surface area contributed by atoms with Crippen LogP contribution in [0.1, 0.15) is 17.3 Å². The molecule has 2 aromatic carbocycles. The lowest BCUT2D eigenvalue weighted by molar-refractivity contribution is -0.141. The minimum Gasteiger partial charge on any atom is -0.479 e. The third-order valence-corrected chi connectivity index (χ3v) is 3.01. The molecule has 1 unspecified atom stereocenters. The van der Waals surface area contributed by atoms with E-state index in [1.807, 2.05) is 6.07 Å². The first-order valence-corrected chi connectivity index (χ1v) is 6.81. The average Bonchev–Trinajstić information content (AvgIpc) is 2.49. The molecule has 0 aromatic heterocycles. The molecular formula is C16H13ClO5. The molecule has 0 spiro atoms. The fourth-order valence-corrected chi connectivity index (χ4v) is 1.87. The molecule has 5 nitrogen and oxygen atoms in total. The van der Waals surface area contributed by atoms with Gasteiger partial charge < -0.3 is 14.6 Å². The molecule has 1 N–H and O–H groups in total. The number of rotatable bonds is 5. The molecule has 0 saturated heterocycles. The fraction of sp³-hybridized carbons (Fsp3) is 0.125. The number of aromatic carboxylic acids is 1. The molecule has 0 aliphatic carbocycles. The minimum atomic E-state index is -1.23. The van der Waals surface area contributed by atoms with Crippen LogP contribution in [0.3, 0.4) is 0 Å². The maximum atomic E-state index is 12.0. The zero-order valence-corrected chi connectivity index (χ0v) is 12.4. The van der Waals surface area contributed by atoms with E-state index >= 15 is 0 Å². The number of carbonyl (C=O) groups is 2. The van der Waals surface area contributed by atoms with Gasteiger partial charge >= 0.3 is 11.9 Å². The predicted octanol–water partition coefficient (Wildman–Crippen LogP) is 3.41. The van der Waals surface area contributed by atoms with Gasteiger partial charge in [0.1, 0.15) is 17.1 Å². The number of halogens is 1. The highest BCUT2D eigenvalue weighted by Crippen LogP contribution is 2.23. The Hall–Kier alpha value is -2.53. The maximum absolute atomic E-state index is 12.0. The number of para-hydroxylation sites is 1. The minimum absolute atomic E-state index is 0.0783. The second kappa shape index (κ2) is 6.95. The van der Waals surface area contributed by atoms with Crippen LogP contribution in [0.25, 0.3) is 0 Å². The van der Waals surface area contributed by atoms with Crippen molar-refractivity contribution in [2.24, 2.45) is 0 Å². The highest BCUT2D eigenvalue weighted by atomic mass is 35.5. The topological polar surface area (TPSA) is 72.8 Å². The van der Waals surface area contributed by atoms with Crippen molar-refractivity contribution in [1.29, 1.82) is 0 Å². The molecule has 0 aliphatic heterocycles. The van der Waals surface area contributed by atoms with Crippen LogP contribution in [0.4, 0.5) is 0 Å². The number of carbonyl (C=O) groups excluding carboxylic acids is 1. The van der Waals surface area contributed by atoms with E-state index in [0.29, 0.717) is 5.75 Å². The van der Waals surface area contributed by atoms with Crippen LogP contribution in [0.2, 0.25) is 5.02 Å². The second-order valence-corrected chi connectivity index (χ2v) is 4.88. The normalized spacial score (nSPS) is 11.5. The number of ether oxygens (including phenoxy) is 2. The Morgan fingerprint density at radius 3 is 2.45 bits per heavy atom. The van der Waals surface area contributed by atoms with Crippen molar-refractivity contribution >= 4 is 23.5 Å². The Labute approximate surface area is 132 Å². The van der Waals surface area contributed by atoms with E-state index in [9.17, 15) is 9.59 Å². The summed E-state index contributed by atoms with van der Waals surface area (Å²) in [6, 6.07) is 12.8. The van der Waals surface area contributed by atoms with Crippen LogP contribution < -0.4 is 9.47 Å². The van der Waals surface area contributed by atoms with Gasteiger partial charge in [-0.1, -0.05) is 29.8 Å². The summed E-state index contributed by atoms with van der Waals surface area (Å²) in [5, 5.41) is 9.34. The van der Waals surface area contributed by atoms with E-state index in [-0.39, 0.29) is 16.3 Å². The highest BCUT2D eigenvalue weighted by molar-refractivity contribution is 6.31. The van der Waals surface area contributed by atoms with Gasteiger partial charge in [-0.2, -0.15) is 0 Å². The summed E-state index contributed by atoms with van der Waals surface area (Å²) in [6.07, 6.45) is -0.889. The summed E-state index contributed by atoms with van der Waals surface area (Å²) >= 11 is 5.74. The molecule has 0 saturated carbocycles. The SMILES string of the molecule is CC(Oc1ccccc1)C(=O)Oc1ccc(Cl)cc1C(=O)O.